The van der Waals surface area contributed by atoms with Gasteiger partial charge in [-0.15, -0.1) is 0 Å². The summed E-state index contributed by atoms with van der Waals surface area (Å²) >= 11 is 0. The second kappa shape index (κ2) is 3.59. The number of nitrogens with two attached hydrogens (primary N) is 1. The van der Waals surface area contributed by atoms with Gasteiger partial charge in [0.15, 0.2) is 0 Å². The molecule has 2 aromatic rings. The third-order valence-electron chi connectivity index (χ3n) is 2.99. The van der Waals surface area contributed by atoms with E-state index in [4.69, 9.17) is 11.1 Å². The lowest BCUT2D eigenvalue weighted by Crippen LogP contribution is -2.13. The van der Waals surface area contributed by atoms with Crippen LogP contribution in [0, 0.1) is 26.2 Å². The van der Waals surface area contributed by atoms with Crippen molar-refractivity contribution in [2.24, 2.45) is 5.73 Å². The fourth-order valence-electron chi connectivity index (χ4n) is 1.84. The molecule has 0 bridgehead atoms. The number of amidine groups is 1. The topological polar surface area (TPSA) is 62.8 Å². The molecule has 82 valence electrons. The maximum absolute atomic E-state index is 7.45. The highest BCUT2D eigenvalue weighted by molar-refractivity contribution is 5.97. The summed E-state index contributed by atoms with van der Waals surface area (Å²) in [5, 5.41) is 8.58. The van der Waals surface area contributed by atoms with Gasteiger partial charge in [-0.2, -0.15) is 0 Å². The Morgan fingerprint density at radius 2 is 1.88 bits per heavy atom. The molecular formula is C13H15N3. The van der Waals surface area contributed by atoms with Gasteiger partial charge in [-0.25, -0.2) is 4.98 Å². The molecule has 0 spiro atoms. The van der Waals surface area contributed by atoms with Crippen LogP contribution in [0.25, 0.3) is 10.9 Å². The molecule has 0 fully saturated rings. The molecule has 0 radical (unpaired) electrons. The lowest BCUT2D eigenvalue weighted by atomic mass is 10.0. The van der Waals surface area contributed by atoms with Crippen molar-refractivity contribution in [3.63, 3.8) is 0 Å². The molecule has 1 heterocycles. The molecule has 1 aromatic carbocycles. The Balaban J connectivity index is 2.88. The molecule has 0 saturated heterocycles. The van der Waals surface area contributed by atoms with Crippen molar-refractivity contribution in [1.82, 2.24) is 4.98 Å². The summed E-state index contributed by atoms with van der Waals surface area (Å²) in [7, 11) is 0. The molecule has 2 rings (SSSR count). The van der Waals surface area contributed by atoms with Gasteiger partial charge in [0.2, 0.25) is 0 Å². The maximum atomic E-state index is 7.45. The molecule has 0 aliphatic heterocycles. The van der Waals surface area contributed by atoms with Crippen LogP contribution in [0.1, 0.15) is 22.4 Å². The molecule has 3 heteroatoms. The van der Waals surface area contributed by atoms with Crippen LogP contribution in [0.5, 0.6) is 0 Å². The van der Waals surface area contributed by atoms with E-state index in [-0.39, 0.29) is 5.84 Å². The number of pyridine rings is 1. The summed E-state index contributed by atoms with van der Waals surface area (Å²) < 4.78 is 0. The molecule has 0 amide bonds. The maximum Gasteiger partial charge on any atom is 0.141 e. The van der Waals surface area contributed by atoms with Crippen molar-refractivity contribution in [2.75, 3.05) is 0 Å². The van der Waals surface area contributed by atoms with Crippen LogP contribution in [-0.2, 0) is 0 Å². The number of hydrogen-bond acceptors (Lipinski definition) is 2. The highest BCUT2D eigenvalue weighted by atomic mass is 14.8. The summed E-state index contributed by atoms with van der Waals surface area (Å²) in [6.45, 7) is 6.13. The van der Waals surface area contributed by atoms with Crippen molar-refractivity contribution in [3.8, 4) is 0 Å². The number of aromatic nitrogens is 1. The predicted molar refractivity (Wildman–Crippen MR) is 67.0 cm³/mol. The third-order valence-corrected chi connectivity index (χ3v) is 2.99. The molecule has 1 aromatic heterocycles. The molecule has 3 N–H and O–H groups in total. The van der Waals surface area contributed by atoms with Crippen molar-refractivity contribution < 1.29 is 0 Å². The Morgan fingerprint density at radius 1 is 1.19 bits per heavy atom. The van der Waals surface area contributed by atoms with E-state index < -0.39 is 0 Å². The van der Waals surface area contributed by atoms with Crippen molar-refractivity contribution in [1.29, 1.82) is 5.41 Å². The first-order valence-corrected chi connectivity index (χ1v) is 5.22. The minimum atomic E-state index is 0.0194. The first-order chi connectivity index (χ1) is 7.50. The van der Waals surface area contributed by atoms with E-state index in [0.29, 0.717) is 5.69 Å². The van der Waals surface area contributed by atoms with Crippen LogP contribution in [0.2, 0.25) is 0 Å². The summed E-state index contributed by atoms with van der Waals surface area (Å²) in [5.41, 5.74) is 10.5. The molecular weight excluding hydrogens is 198 g/mol. The van der Waals surface area contributed by atoms with E-state index in [1.807, 2.05) is 19.9 Å². The number of nitrogen functional groups attached to an aromatic ring is 1. The summed E-state index contributed by atoms with van der Waals surface area (Å²) in [4.78, 5) is 4.45. The first kappa shape index (κ1) is 10.6. The quantitative estimate of drug-likeness (QED) is 0.564. The fraction of sp³-hybridized carbons (Fsp3) is 0.231. The SMILES string of the molecule is Cc1ccc2c(C)cc(C(=N)N)nc2c1C. The van der Waals surface area contributed by atoms with E-state index >= 15 is 0 Å². The standard InChI is InChI=1S/C13H15N3/c1-7-4-5-10-8(2)6-11(13(14)15)16-12(10)9(7)3/h4-6H,1-3H3,(H3,14,15). The van der Waals surface area contributed by atoms with Gasteiger partial charge in [0.05, 0.1) is 5.52 Å². The minimum absolute atomic E-state index is 0.0194. The Hall–Kier alpha value is -1.90. The zero-order valence-electron chi connectivity index (χ0n) is 9.76. The van der Waals surface area contributed by atoms with Gasteiger partial charge < -0.3 is 5.73 Å². The zero-order chi connectivity index (χ0) is 11.9. The second-order valence-corrected chi connectivity index (χ2v) is 4.14. The van der Waals surface area contributed by atoms with Gasteiger partial charge in [0.1, 0.15) is 11.5 Å². The number of aryl methyl sites for hydroxylation is 3. The van der Waals surface area contributed by atoms with Crippen LogP contribution in [-0.4, -0.2) is 10.8 Å². The van der Waals surface area contributed by atoms with Crippen LogP contribution >= 0.6 is 0 Å². The van der Waals surface area contributed by atoms with Gasteiger partial charge in [-0.05, 0) is 43.5 Å². The molecule has 0 atom stereocenters. The van der Waals surface area contributed by atoms with Crippen molar-refractivity contribution in [2.45, 2.75) is 20.8 Å². The van der Waals surface area contributed by atoms with Gasteiger partial charge in [0, 0.05) is 5.39 Å². The molecule has 0 saturated carbocycles. The average Bonchev–Trinajstić information content (AvgIpc) is 2.23. The third kappa shape index (κ3) is 1.54. The number of hydrogen-bond donors (Lipinski definition) is 2. The summed E-state index contributed by atoms with van der Waals surface area (Å²) in [6, 6.07) is 6.03. The van der Waals surface area contributed by atoms with Crippen LogP contribution in [0.4, 0.5) is 0 Å². The highest BCUT2D eigenvalue weighted by Gasteiger charge is 2.08. The van der Waals surface area contributed by atoms with Crippen molar-refractivity contribution >= 4 is 16.7 Å². The Kier molecular flexibility index (Phi) is 2.38. The number of benzene rings is 1. The fourth-order valence-corrected chi connectivity index (χ4v) is 1.84. The summed E-state index contributed by atoms with van der Waals surface area (Å²) in [6.07, 6.45) is 0. The van der Waals surface area contributed by atoms with E-state index in [1.54, 1.807) is 0 Å². The van der Waals surface area contributed by atoms with Crippen LogP contribution in [0.3, 0.4) is 0 Å². The average molecular weight is 213 g/mol. The Morgan fingerprint density at radius 3 is 2.50 bits per heavy atom. The molecule has 0 unspecified atom stereocenters. The van der Waals surface area contributed by atoms with E-state index in [1.165, 1.54) is 5.56 Å². The highest BCUT2D eigenvalue weighted by Crippen LogP contribution is 2.23. The van der Waals surface area contributed by atoms with E-state index in [0.717, 1.165) is 22.0 Å². The predicted octanol–water partition coefficient (Wildman–Crippen LogP) is 2.44. The van der Waals surface area contributed by atoms with Gasteiger partial charge in [-0.3, -0.25) is 5.41 Å². The number of rotatable bonds is 1. The molecule has 16 heavy (non-hydrogen) atoms. The van der Waals surface area contributed by atoms with Crippen LogP contribution < -0.4 is 5.73 Å². The van der Waals surface area contributed by atoms with Gasteiger partial charge in [0.25, 0.3) is 0 Å². The van der Waals surface area contributed by atoms with Crippen LogP contribution in [0.15, 0.2) is 18.2 Å². The van der Waals surface area contributed by atoms with E-state index in [9.17, 15) is 0 Å². The van der Waals surface area contributed by atoms with Crippen molar-refractivity contribution in [3.05, 3.63) is 40.6 Å². The second-order valence-electron chi connectivity index (χ2n) is 4.14. The minimum Gasteiger partial charge on any atom is -0.382 e. The van der Waals surface area contributed by atoms with E-state index in [2.05, 4.69) is 24.0 Å². The molecule has 0 aliphatic rings. The van der Waals surface area contributed by atoms with Gasteiger partial charge in [-0.1, -0.05) is 12.1 Å². The smallest absolute Gasteiger partial charge is 0.141 e. The Bertz CT molecular complexity index is 585. The summed E-state index contributed by atoms with van der Waals surface area (Å²) in [5.74, 6) is 0.0194. The number of nitrogens with zero attached hydrogens (tertiary/aromatic N) is 1. The van der Waals surface area contributed by atoms with Gasteiger partial charge >= 0.3 is 0 Å². The zero-order valence-corrected chi connectivity index (χ0v) is 9.76. The number of fused-ring (bicyclic) bond motifs is 1. The lowest BCUT2D eigenvalue weighted by molar-refractivity contribution is 1.25. The lowest BCUT2D eigenvalue weighted by Gasteiger charge is -2.09. The number of nitrogens with one attached hydrogen (secondary N) is 1. The largest absolute Gasteiger partial charge is 0.382 e. The normalized spacial score (nSPS) is 10.7. The monoisotopic (exact) mass is 213 g/mol. The first-order valence-electron chi connectivity index (χ1n) is 5.22. The Labute approximate surface area is 94.8 Å². The molecule has 3 nitrogen and oxygen atoms in total. The molecule has 0 aliphatic carbocycles.